The van der Waals surface area contributed by atoms with Crippen LogP contribution in [-0.4, -0.2) is 13.2 Å². The molecular weight excluding hydrogens is 265 g/mol. The summed E-state index contributed by atoms with van der Waals surface area (Å²) in [6.07, 6.45) is 0. The standard InChI is InChI=1S/C9H10INO/c10-8-3-1-2-7(4-8)9(11)5-12-6-9/h1-4H,5-6,11H2. The molecule has 0 atom stereocenters. The van der Waals surface area contributed by atoms with Gasteiger partial charge in [0.05, 0.1) is 18.8 Å². The molecule has 64 valence electrons. The fraction of sp³-hybridized carbons (Fsp3) is 0.333. The van der Waals surface area contributed by atoms with Gasteiger partial charge in [0.1, 0.15) is 0 Å². The Morgan fingerprint density at radius 2 is 2.17 bits per heavy atom. The lowest BCUT2D eigenvalue weighted by Gasteiger charge is -2.38. The van der Waals surface area contributed by atoms with E-state index < -0.39 is 0 Å². The van der Waals surface area contributed by atoms with Gasteiger partial charge < -0.3 is 10.5 Å². The summed E-state index contributed by atoms with van der Waals surface area (Å²) < 4.78 is 6.33. The number of ether oxygens (including phenoxy) is 1. The average molecular weight is 275 g/mol. The van der Waals surface area contributed by atoms with E-state index in [9.17, 15) is 0 Å². The van der Waals surface area contributed by atoms with Gasteiger partial charge in [-0.3, -0.25) is 0 Å². The molecule has 0 unspecified atom stereocenters. The van der Waals surface area contributed by atoms with Crippen molar-refractivity contribution in [3.8, 4) is 0 Å². The summed E-state index contributed by atoms with van der Waals surface area (Å²) in [5.74, 6) is 0. The van der Waals surface area contributed by atoms with Crippen LogP contribution in [0.5, 0.6) is 0 Å². The topological polar surface area (TPSA) is 35.2 Å². The molecule has 0 spiro atoms. The predicted molar refractivity (Wildman–Crippen MR) is 55.8 cm³/mol. The Kier molecular flexibility index (Phi) is 2.10. The van der Waals surface area contributed by atoms with E-state index in [2.05, 4.69) is 40.8 Å². The van der Waals surface area contributed by atoms with Gasteiger partial charge >= 0.3 is 0 Å². The van der Waals surface area contributed by atoms with Crippen LogP contribution in [-0.2, 0) is 10.3 Å². The van der Waals surface area contributed by atoms with Crippen molar-refractivity contribution in [2.45, 2.75) is 5.54 Å². The van der Waals surface area contributed by atoms with E-state index >= 15 is 0 Å². The number of halogens is 1. The molecule has 1 aromatic rings. The van der Waals surface area contributed by atoms with Crippen molar-refractivity contribution in [1.29, 1.82) is 0 Å². The highest BCUT2D eigenvalue weighted by Gasteiger charge is 2.35. The molecular formula is C9H10INO. The highest BCUT2D eigenvalue weighted by atomic mass is 127. The van der Waals surface area contributed by atoms with E-state index in [0.717, 1.165) is 0 Å². The Morgan fingerprint density at radius 1 is 1.42 bits per heavy atom. The van der Waals surface area contributed by atoms with Crippen LogP contribution >= 0.6 is 22.6 Å². The minimum Gasteiger partial charge on any atom is -0.377 e. The first-order valence-electron chi connectivity index (χ1n) is 3.83. The quantitative estimate of drug-likeness (QED) is 0.788. The first-order chi connectivity index (χ1) is 5.71. The molecule has 0 saturated carbocycles. The van der Waals surface area contributed by atoms with Crippen LogP contribution in [0, 0.1) is 3.57 Å². The van der Waals surface area contributed by atoms with E-state index in [-0.39, 0.29) is 5.54 Å². The lowest BCUT2D eigenvalue weighted by molar-refractivity contribution is -0.0569. The van der Waals surface area contributed by atoms with E-state index in [4.69, 9.17) is 10.5 Å². The highest BCUT2D eigenvalue weighted by Crippen LogP contribution is 2.27. The number of hydrogen-bond donors (Lipinski definition) is 1. The summed E-state index contributed by atoms with van der Waals surface area (Å²) in [5, 5.41) is 0. The zero-order valence-corrected chi connectivity index (χ0v) is 8.74. The minimum absolute atomic E-state index is 0.221. The summed E-state index contributed by atoms with van der Waals surface area (Å²) >= 11 is 2.29. The summed E-state index contributed by atoms with van der Waals surface area (Å²) in [7, 11) is 0. The van der Waals surface area contributed by atoms with Gasteiger partial charge in [0.2, 0.25) is 0 Å². The molecule has 0 bridgehead atoms. The Hall–Kier alpha value is -0.130. The van der Waals surface area contributed by atoms with Gasteiger partial charge in [0, 0.05) is 3.57 Å². The van der Waals surface area contributed by atoms with E-state index in [1.165, 1.54) is 9.13 Å². The minimum atomic E-state index is -0.221. The zero-order chi connectivity index (χ0) is 8.60. The van der Waals surface area contributed by atoms with Gasteiger partial charge in [0.15, 0.2) is 0 Å². The molecule has 1 fully saturated rings. The molecule has 1 heterocycles. The van der Waals surface area contributed by atoms with Gasteiger partial charge in [0.25, 0.3) is 0 Å². The first-order valence-corrected chi connectivity index (χ1v) is 4.91. The van der Waals surface area contributed by atoms with Crippen molar-refractivity contribution >= 4 is 22.6 Å². The maximum atomic E-state index is 6.06. The lowest BCUT2D eigenvalue weighted by atomic mass is 9.89. The van der Waals surface area contributed by atoms with Gasteiger partial charge in [-0.2, -0.15) is 0 Å². The van der Waals surface area contributed by atoms with Gasteiger partial charge in [-0.05, 0) is 40.3 Å². The Labute approximate surface area is 85.2 Å². The van der Waals surface area contributed by atoms with Crippen LogP contribution in [0.1, 0.15) is 5.56 Å². The van der Waals surface area contributed by atoms with E-state index in [0.29, 0.717) is 13.2 Å². The molecule has 0 aromatic heterocycles. The molecule has 1 aliphatic heterocycles. The monoisotopic (exact) mass is 275 g/mol. The lowest BCUT2D eigenvalue weighted by Crippen LogP contribution is -2.54. The summed E-state index contributed by atoms with van der Waals surface area (Å²) in [6, 6.07) is 8.27. The molecule has 0 aliphatic carbocycles. The second-order valence-corrected chi connectivity index (χ2v) is 4.40. The van der Waals surface area contributed by atoms with Crippen molar-refractivity contribution in [3.05, 3.63) is 33.4 Å². The van der Waals surface area contributed by atoms with E-state index in [1.807, 2.05) is 6.07 Å². The third kappa shape index (κ3) is 1.36. The second kappa shape index (κ2) is 2.97. The number of rotatable bonds is 1. The molecule has 0 amide bonds. The van der Waals surface area contributed by atoms with Crippen LogP contribution in [0.2, 0.25) is 0 Å². The maximum absolute atomic E-state index is 6.06. The molecule has 3 heteroatoms. The Bertz CT molecular complexity index is 296. The average Bonchev–Trinajstić information content (AvgIpc) is 2.00. The van der Waals surface area contributed by atoms with Crippen molar-refractivity contribution in [3.63, 3.8) is 0 Å². The zero-order valence-electron chi connectivity index (χ0n) is 6.59. The third-order valence-electron chi connectivity index (χ3n) is 2.12. The van der Waals surface area contributed by atoms with Crippen molar-refractivity contribution in [2.24, 2.45) is 5.73 Å². The second-order valence-electron chi connectivity index (χ2n) is 3.16. The molecule has 2 nitrogen and oxygen atoms in total. The SMILES string of the molecule is NC1(c2cccc(I)c2)COC1. The fourth-order valence-electron chi connectivity index (χ4n) is 1.29. The van der Waals surface area contributed by atoms with Crippen molar-refractivity contribution < 1.29 is 4.74 Å². The van der Waals surface area contributed by atoms with Crippen LogP contribution in [0.4, 0.5) is 0 Å². The Balaban J connectivity index is 2.33. The summed E-state index contributed by atoms with van der Waals surface area (Å²) in [6.45, 7) is 1.29. The first kappa shape index (κ1) is 8.47. The third-order valence-corrected chi connectivity index (χ3v) is 2.79. The summed E-state index contributed by atoms with van der Waals surface area (Å²) in [5.41, 5.74) is 7.02. The van der Waals surface area contributed by atoms with Gasteiger partial charge in [-0.15, -0.1) is 0 Å². The van der Waals surface area contributed by atoms with Gasteiger partial charge in [-0.25, -0.2) is 0 Å². The molecule has 12 heavy (non-hydrogen) atoms. The number of benzene rings is 1. The largest absolute Gasteiger partial charge is 0.377 e. The van der Waals surface area contributed by atoms with E-state index in [1.54, 1.807) is 0 Å². The highest BCUT2D eigenvalue weighted by molar-refractivity contribution is 14.1. The fourth-order valence-corrected chi connectivity index (χ4v) is 1.83. The molecule has 1 aromatic carbocycles. The maximum Gasteiger partial charge on any atom is 0.0884 e. The smallest absolute Gasteiger partial charge is 0.0884 e. The molecule has 1 saturated heterocycles. The summed E-state index contributed by atoms with van der Waals surface area (Å²) in [4.78, 5) is 0. The van der Waals surface area contributed by atoms with Crippen LogP contribution in [0.15, 0.2) is 24.3 Å². The number of nitrogens with two attached hydrogens (primary N) is 1. The molecule has 2 rings (SSSR count). The molecule has 2 N–H and O–H groups in total. The normalized spacial score (nSPS) is 20.2. The van der Waals surface area contributed by atoms with Crippen molar-refractivity contribution in [1.82, 2.24) is 0 Å². The molecule has 0 radical (unpaired) electrons. The van der Waals surface area contributed by atoms with Crippen molar-refractivity contribution in [2.75, 3.05) is 13.2 Å². The van der Waals surface area contributed by atoms with Gasteiger partial charge in [-0.1, -0.05) is 12.1 Å². The van der Waals surface area contributed by atoms with Crippen LogP contribution in [0.3, 0.4) is 0 Å². The predicted octanol–water partition coefficient (Wildman–Crippen LogP) is 1.48. The Morgan fingerprint density at radius 3 is 2.67 bits per heavy atom. The molecule has 1 aliphatic rings. The van der Waals surface area contributed by atoms with Crippen LogP contribution < -0.4 is 5.73 Å². The number of hydrogen-bond acceptors (Lipinski definition) is 2. The van der Waals surface area contributed by atoms with Crippen LogP contribution in [0.25, 0.3) is 0 Å².